The second kappa shape index (κ2) is 6.15. The number of aliphatic hydroxyl groups is 1. The van der Waals surface area contributed by atoms with Gasteiger partial charge in [-0.1, -0.05) is 20.8 Å². The molecule has 0 amide bonds. The zero-order valence-corrected chi connectivity index (χ0v) is 13.4. The fraction of sp³-hybridized carbons (Fsp3) is 0.733. The first-order valence-electron chi connectivity index (χ1n) is 7.46. The molecule has 0 bridgehead atoms. The molecule has 6 heteroatoms. The maximum absolute atomic E-state index is 12.2. The van der Waals surface area contributed by atoms with Crippen molar-refractivity contribution in [3.05, 3.63) is 22.6 Å². The Morgan fingerprint density at radius 3 is 2.43 bits per heavy atom. The minimum Gasteiger partial charge on any atom is -0.391 e. The molecule has 1 saturated heterocycles. The van der Waals surface area contributed by atoms with Gasteiger partial charge in [0.25, 0.3) is 5.56 Å². The fourth-order valence-electron chi connectivity index (χ4n) is 2.24. The van der Waals surface area contributed by atoms with E-state index in [0.29, 0.717) is 0 Å². The highest BCUT2D eigenvalue weighted by Crippen LogP contribution is 2.20. The molecule has 2 heterocycles. The van der Waals surface area contributed by atoms with Crippen LogP contribution in [0.3, 0.4) is 0 Å². The molecule has 1 aliphatic rings. The second-order valence-electron chi connectivity index (χ2n) is 6.91. The van der Waals surface area contributed by atoms with Crippen LogP contribution in [0.5, 0.6) is 0 Å². The Morgan fingerprint density at radius 2 is 1.90 bits per heavy atom. The number of hydrogen-bond acceptors (Lipinski definition) is 5. The van der Waals surface area contributed by atoms with Gasteiger partial charge in [0, 0.05) is 32.2 Å². The number of nitrogens with zero attached hydrogens (tertiary/aromatic N) is 4. The molecule has 118 valence electrons. The first kappa shape index (κ1) is 16.0. The van der Waals surface area contributed by atoms with Gasteiger partial charge in [-0.2, -0.15) is 5.10 Å². The third-order valence-electron chi connectivity index (χ3n) is 4.07. The predicted octanol–water partition coefficient (Wildman–Crippen LogP) is 0.402. The molecule has 1 aromatic heterocycles. The molecular weight excluding hydrogens is 268 g/mol. The quantitative estimate of drug-likeness (QED) is 0.874. The number of rotatable bonds is 3. The van der Waals surface area contributed by atoms with E-state index in [9.17, 15) is 9.90 Å². The van der Waals surface area contributed by atoms with Crippen LogP contribution >= 0.6 is 0 Å². The summed E-state index contributed by atoms with van der Waals surface area (Å²) < 4.78 is 1.34. The van der Waals surface area contributed by atoms with Gasteiger partial charge in [-0.05, 0) is 12.5 Å². The Kier molecular flexibility index (Phi) is 4.68. The SMILES string of the molecule is CN1CCN(c2cnn(CC(O)C(C)(C)C)c(=O)c2)CC1. The molecule has 0 radical (unpaired) electrons. The molecule has 1 N–H and O–H groups in total. The Morgan fingerprint density at radius 1 is 1.29 bits per heavy atom. The number of likely N-dealkylation sites (N-methyl/N-ethyl adjacent to an activating group) is 1. The van der Waals surface area contributed by atoms with Gasteiger partial charge in [0.05, 0.1) is 24.5 Å². The van der Waals surface area contributed by atoms with Gasteiger partial charge >= 0.3 is 0 Å². The highest BCUT2D eigenvalue weighted by Gasteiger charge is 2.23. The smallest absolute Gasteiger partial charge is 0.268 e. The highest BCUT2D eigenvalue weighted by molar-refractivity contribution is 5.43. The lowest BCUT2D eigenvalue weighted by Gasteiger charge is -2.33. The van der Waals surface area contributed by atoms with Crippen LogP contribution in [0.1, 0.15) is 20.8 Å². The van der Waals surface area contributed by atoms with Crippen LogP contribution in [-0.4, -0.2) is 59.1 Å². The van der Waals surface area contributed by atoms with E-state index in [1.807, 2.05) is 20.8 Å². The van der Waals surface area contributed by atoms with Crippen LogP contribution in [0.2, 0.25) is 0 Å². The van der Waals surface area contributed by atoms with Crippen LogP contribution in [0.4, 0.5) is 5.69 Å². The zero-order valence-electron chi connectivity index (χ0n) is 13.4. The molecule has 0 saturated carbocycles. The first-order chi connectivity index (χ1) is 9.77. The molecule has 0 aromatic carbocycles. The van der Waals surface area contributed by atoms with Gasteiger partial charge in [-0.25, -0.2) is 4.68 Å². The summed E-state index contributed by atoms with van der Waals surface area (Å²) in [4.78, 5) is 16.6. The minimum absolute atomic E-state index is 0.158. The monoisotopic (exact) mass is 294 g/mol. The van der Waals surface area contributed by atoms with Crippen LogP contribution < -0.4 is 10.5 Å². The Balaban J connectivity index is 2.09. The van der Waals surface area contributed by atoms with Crippen molar-refractivity contribution in [1.29, 1.82) is 0 Å². The van der Waals surface area contributed by atoms with Crippen molar-refractivity contribution in [1.82, 2.24) is 14.7 Å². The van der Waals surface area contributed by atoms with Gasteiger partial charge in [0.1, 0.15) is 0 Å². The average molecular weight is 294 g/mol. The maximum atomic E-state index is 12.2. The Hall–Kier alpha value is -1.40. The summed E-state index contributed by atoms with van der Waals surface area (Å²) in [6.07, 6.45) is 1.12. The minimum atomic E-state index is -0.600. The van der Waals surface area contributed by atoms with Gasteiger partial charge < -0.3 is 14.9 Å². The summed E-state index contributed by atoms with van der Waals surface area (Å²) in [5.41, 5.74) is 0.446. The topological polar surface area (TPSA) is 61.6 Å². The molecule has 2 rings (SSSR count). The molecular formula is C15H26N4O2. The second-order valence-corrected chi connectivity index (χ2v) is 6.91. The van der Waals surface area contributed by atoms with Crippen LogP contribution in [0, 0.1) is 5.41 Å². The van der Waals surface area contributed by atoms with Crippen LogP contribution in [-0.2, 0) is 6.54 Å². The molecule has 1 atom stereocenters. The lowest BCUT2D eigenvalue weighted by molar-refractivity contribution is 0.0438. The van der Waals surface area contributed by atoms with E-state index in [2.05, 4.69) is 21.9 Å². The molecule has 1 unspecified atom stereocenters. The van der Waals surface area contributed by atoms with Crippen molar-refractivity contribution in [2.75, 3.05) is 38.1 Å². The normalized spacial score (nSPS) is 18.8. The molecule has 0 spiro atoms. The molecule has 6 nitrogen and oxygen atoms in total. The molecule has 21 heavy (non-hydrogen) atoms. The van der Waals surface area contributed by atoms with E-state index >= 15 is 0 Å². The van der Waals surface area contributed by atoms with Gasteiger partial charge in [0.2, 0.25) is 0 Å². The van der Waals surface area contributed by atoms with Crippen molar-refractivity contribution >= 4 is 5.69 Å². The number of aromatic nitrogens is 2. The highest BCUT2D eigenvalue weighted by atomic mass is 16.3. The number of anilines is 1. The first-order valence-corrected chi connectivity index (χ1v) is 7.46. The van der Waals surface area contributed by atoms with Gasteiger partial charge in [-0.3, -0.25) is 4.79 Å². The third-order valence-corrected chi connectivity index (χ3v) is 4.07. The van der Waals surface area contributed by atoms with E-state index < -0.39 is 6.10 Å². The van der Waals surface area contributed by atoms with Crippen molar-refractivity contribution in [3.8, 4) is 0 Å². The summed E-state index contributed by atoms with van der Waals surface area (Å²) >= 11 is 0. The molecule has 1 fully saturated rings. The number of hydrogen-bond donors (Lipinski definition) is 1. The lowest BCUT2D eigenvalue weighted by Crippen LogP contribution is -2.45. The largest absolute Gasteiger partial charge is 0.391 e. The lowest BCUT2D eigenvalue weighted by atomic mass is 9.89. The standard InChI is InChI=1S/C15H26N4O2/c1-15(2,3)13(20)11-19-14(21)9-12(10-16-19)18-7-5-17(4)6-8-18/h9-10,13,20H,5-8,11H2,1-4H3. The van der Waals surface area contributed by atoms with Crippen LogP contribution in [0.25, 0.3) is 0 Å². The summed E-state index contributed by atoms with van der Waals surface area (Å²) in [6.45, 7) is 9.87. The molecule has 1 aliphatic heterocycles. The number of aliphatic hydroxyl groups excluding tert-OH is 1. The molecule has 1 aromatic rings. The van der Waals surface area contributed by atoms with Crippen molar-refractivity contribution in [2.45, 2.75) is 33.4 Å². The summed E-state index contributed by atoms with van der Waals surface area (Å²) in [5.74, 6) is 0. The predicted molar refractivity (Wildman–Crippen MR) is 83.7 cm³/mol. The summed E-state index contributed by atoms with van der Waals surface area (Å²) in [6, 6.07) is 1.62. The Labute approximate surface area is 126 Å². The Bertz CT molecular complexity index is 527. The van der Waals surface area contributed by atoms with Crippen molar-refractivity contribution < 1.29 is 5.11 Å². The van der Waals surface area contributed by atoms with Gasteiger partial charge in [-0.15, -0.1) is 0 Å². The van der Waals surface area contributed by atoms with Gasteiger partial charge in [0.15, 0.2) is 0 Å². The van der Waals surface area contributed by atoms with Crippen molar-refractivity contribution in [3.63, 3.8) is 0 Å². The fourth-order valence-corrected chi connectivity index (χ4v) is 2.24. The average Bonchev–Trinajstić information content (AvgIpc) is 2.41. The zero-order chi connectivity index (χ0) is 15.6. The van der Waals surface area contributed by atoms with E-state index in [1.165, 1.54) is 4.68 Å². The third kappa shape index (κ3) is 4.04. The van der Waals surface area contributed by atoms with E-state index in [0.717, 1.165) is 31.9 Å². The van der Waals surface area contributed by atoms with E-state index in [1.54, 1.807) is 12.3 Å². The van der Waals surface area contributed by atoms with Crippen molar-refractivity contribution in [2.24, 2.45) is 5.41 Å². The van der Waals surface area contributed by atoms with E-state index in [4.69, 9.17) is 0 Å². The maximum Gasteiger partial charge on any atom is 0.268 e. The summed E-state index contributed by atoms with van der Waals surface area (Å²) in [5, 5.41) is 14.3. The molecule has 0 aliphatic carbocycles. The number of piperazine rings is 1. The van der Waals surface area contributed by atoms with E-state index in [-0.39, 0.29) is 17.5 Å². The summed E-state index contributed by atoms with van der Waals surface area (Å²) in [7, 11) is 2.10. The van der Waals surface area contributed by atoms with Crippen LogP contribution in [0.15, 0.2) is 17.1 Å².